The number of carboxylic acids is 1. The van der Waals surface area contributed by atoms with Crippen LogP contribution in [0.3, 0.4) is 0 Å². The molecular weight excluding hydrogens is 410 g/mol. The fourth-order valence-corrected chi connectivity index (χ4v) is 3.18. The number of nitrogens with zero attached hydrogens (tertiary/aromatic N) is 3. The maximum Gasteiger partial charge on any atom is 0.335 e. The van der Waals surface area contributed by atoms with E-state index in [2.05, 4.69) is 0 Å². The highest BCUT2D eigenvalue weighted by atomic mass is 16.5. The molecule has 0 spiro atoms. The van der Waals surface area contributed by atoms with Crippen LogP contribution in [-0.4, -0.2) is 54.8 Å². The summed E-state index contributed by atoms with van der Waals surface area (Å²) in [5, 5.41) is 14.1. The summed E-state index contributed by atoms with van der Waals surface area (Å²) in [6, 6.07) is 15.4. The van der Waals surface area contributed by atoms with Crippen LogP contribution in [0.1, 0.15) is 19.5 Å². The van der Waals surface area contributed by atoms with E-state index in [-0.39, 0.29) is 6.61 Å². The smallest absolute Gasteiger partial charge is 0.335 e. The Kier molecular flexibility index (Phi) is 6.74. The lowest BCUT2D eigenvalue weighted by Gasteiger charge is -2.19. The lowest BCUT2D eigenvalue weighted by atomic mass is 10.1. The molecule has 0 aliphatic carbocycles. The van der Waals surface area contributed by atoms with Gasteiger partial charge in [-0.1, -0.05) is 12.1 Å². The van der Waals surface area contributed by atoms with E-state index in [0.717, 1.165) is 22.6 Å². The van der Waals surface area contributed by atoms with Gasteiger partial charge in [0.05, 0.1) is 43.6 Å². The minimum Gasteiger partial charge on any atom is -0.497 e. The lowest BCUT2D eigenvalue weighted by Crippen LogP contribution is -2.34. The van der Waals surface area contributed by atoms with Crippen molar-refractivity contribution in [3.8, 4) is 28.4 Å². The van der Waals surface area contributed by atoms with Gasteiger partial charge in [-0.2, -0.15) is 5.10 Å². The number of methoxy groups -OCH3 is 2. The first-order valence-electron chi connectivity index (χ1n) is 10.1. The van der Waals surface area contributed by atoms with Gasteiger partial charge < -0.3 is 24.2 Å². The monoisotopic (exact) mass is 439 g/mol. The van der Waals surface area contributed by atoms with Gasteiger partial charge in [0, 0.05) is 25.7 Å². The Labute approximate surface area is 187 Å². The molecule has 0 aliphatic heterocycles. The van der Waals surface area contributed by atoms with Crippen molar-refractivity contribution >= 4 is 11.7 Å². The quantitative estimate of drug-likeness (QED) is 0.539. The summed E-state index contributed by atoms with van der Waals surface area (Å²) in [6.45, 7) is 3.08. The highest BCUT2D eigenvalue weighted by Gasteiger charge is 2.28. The molecule has 0 atom stereocenters. The number of rotatable bonds is 9. The third-order valence-corrected chi connectivity index (χ3v) is 5.09. The molecule has 0 bridgehead atoms. The van der Waals surface area contributed by atoms with Gasteiger partial charge in [0.2, 0.25) is 0 Å². The van der Waals surface area contributed by atoms with Crippen molar-refractivity contribution in [1.29, 1.82) is 0 Å². The highest BCUT2D eigenvalue weighted by molar-refractivity contribution is 5.76. The molecule has 0 aliphatic rings. The largest absolute Gasteiger partial charge is 0.497 e. The average molecular weight is 440 g/mol. The highest BCUT2D eigenvalue weighted by Crippen LogP contribution is 2.34. The number of benzene rings is 2. The van der Waals surface area contributed by atoms with Gasteiger partial charge in [-0.3, -0.25) is 0 Å². The third kappa shape index (κ3) is 4.86. The number of carbonyl (C=O) groups is 1. The number of carboxylic acid groups (broad SMARTS) is 1. The average Bonchev–Trinajstić information content (AvgIpc) is 3.21. The molecule has 1 aromatic heterocycles. The van der Waals surface area contributed by atoms with Crippen molar-refractivity contribution < 1.29 is 24.1 Å². The van der Waals surface area contributed by atoms with Crippen LogP contribution in [0, 0.1) is 0 Å². The minimum atomic E-state index is -1.33. The summed E-state index contributed by atoms with van der Waals surface area (Å²) in [6.07, 6.45) is 0. The van der Waals surface area contributed by atoms with Crippen molar-refractivity contribution in [3.05, 3.63) is 54.2 Å². The van der Waals surface area contributed by atoms with E-state index in [4.69, 9.17) is 19.3 Å². The van der Waals surface area contributed by atoms with Gasteiger partial charge in [-0.15, -0.1) is 0 Å². The zero-order valence-corrected chi connectivity index (χ0v) is 19.2. The van der Waals surface area contributed by atoms with Crippen LogP contribution >= 0.6 is 0 Å². The van der Waals surface area contributed by atoms with Crippen molar-refractivity contribution in [2.45, 2.75) is 26.1 Å². The second kappa shape index (κ2) is 9.32. The normalized spacial score (nSPS) is 11.3. The molecule has 0 fully saturated rings. The van der Waals surface area contributed by atoms with Crippen molar-refractivity contribution in [2.24, 2.45) is 0 Å². The number of aromatic nitrogens is 2. The van der Waals surface area contributed by atoms with E-state index in [9.17, 15) is 9.90 Å². The van der Waals surface area contributed by atoms with E-state index >= 15 is 0 Å². The van der Waals surface area contributed by atoms with Gasteiger partial charge in [-0.25, -0.2) is 9.48 Å². The van der Waals surface area contributed by atoms with Gasteiger partial charge >= 0.3 is 5.97 Å². The molecule has 2 aromatic carbocycles. The van der Waals surface area contributed by atoms with E-state index in [1.54, 1.807) is 20.3 Å². The zero-order chi connectivity index (χ0) is 23.5. The van der Waals surface area contributed by atoms with Gasteiger partial charge in [0.15, 0.2) is 5.60 Å². The summed E-state index contributed by atoms with van der Waals surface area (Å²) in [4.78, 5) is 13.4. The van der Waals surface area contributed by atoms with Crippen LogP contribution < -0.4 is 14.4 Å². The van der Waals surface area contributed by atoms with E-state index < -0.39 is 11.6 Å². The number of anilines is 1. The minimum absolute atomic E-state index is 0.0462. The zero-order valence-electron chi connectivity index (χ0n) is 19.2. The predicted molar refractivity (Wildman–Crippen MR) is 123 cm³/mol. The summed E-state index contributed by atoms with van der Waals surface area (Å²) in [5.74, 6) is 0.267. The fraction of sp³-hybridized carbons (Fsp3) is 0.333. The molecule has 0 saturated carbocycles. The molecule has 0 unspecified atom stereocenters. The van der Waals surface area contributed by atoms with E-state index in [0.29, 0.717) is 17.2 Å². The Morgan fingerprint density at radius 3 is 2.25 bits per heavy atom. The van der Waals surface area contributed by atoms with E-state index in [1.165, 1.54) is 13.8 Å². The molecule has 0 radical (unpaired) electrons. The summed E-state index contributed by atoms with van der Waals surface area (Å²) < 4.78 is 18.4. The first-order chi connectivity index (χ1) is 15.2. The predicted octanol–water partition coefficient (Wildman–Crippen LogP) is 4.00. The molecule has 1 N–H and O–H groups in total. The van der Waals surface area contributed by atoms with Crippen LogP contribution in [0.4, 0.5) is 5.69 Å². The number of aliphatic carboxylic acids is 1. The van der Waals surface area contributed by atoms with Gasteiger partial charge in [-0.05, 0) is 44.2 Å². The summed E-state index contributed by atoms with van der Waals surface area (Å²) in [7, 11) is 7.14. The van der Waals surface area contributed by atoms with Crippen LogP contribution in [-0.2, 0) is 16.1 Å². The second-order valence-corrected chi connectivity index (χ2v) is 8.02. The Balaban J connectivity index is 2.16. The standard InChI is InChI=1S/C24H29N3O5/c1-24(2,23(28)29)32-15-17-13-22(16-11-18(30-5)14-19(12-16)31-6)27(25-17)21-10-8-7-9-20(21)26(3)4/h7-14H,15H2,1-6H3,(H,28,29). The molecule has 8 nitrogen and oxygen atoms in total. The summed E-state index contributed by atoms with van der Waals surface area (Å²) >= 11 is 0. The molecule has 170 valence electrons. The molecule has 0 amide bonds. The maximum absolute atomic E-state index is 11.4. The molecule has 32 heavy (non-hydrogen) atoms. The first-order valence-corrected chi connectivity index (χ1v) is 10.1. The molecular formula is C24H29N3O5. The fourth-order valence-electron chi connectivity index (χ4n) is 3.18. The third-order valence-electron chi connectivity index (χ3n) is 5.09. The maximum atomic E-state index is 11.4. The Morgan fingerprint density at radius 2 is 1.69 bits per heavy atom. The Morgan fingerprint density at radius 1 is 1.06 bits per heavy atom. The van der Waals surface area contributed by atoms with Crippen LogP contribution in [0.15, 0.2) is 48.5 Å². The molecule has 3 aromatic rings. The van der Waals surface area contributed by atoms with E-state index in [1.807, 2.05) is 66.1 Å². The first kappa shape index (κ1) is 23.1. The number of hydrogen-bond acceptors (Lipinski definition) is 6. The van der Waals surface area contributed by atoms with Crippen molar-refractivity contribution in [1.82, 2.24) is 9.78 Å². The van der Waals surface area contributed by atoms with Crippen molar-refractivity contribution in [3.63, 3.8) is 0 Å². The topological polar surface area (TPSA) is 86.0 Å². The summed E-state index contributed by atoms with van der Waals surface area (Å²) in [5.41, 5.74) is 2.76. The molecule has 0 saturated heterocycles. The Hall–Kier alpha value is -3.52. The van der Waals surface area contributed by atoms with Crippen molar-refractivity contribution in [2.75, 3.05) is 33.2 Å². The number of hydrogen-bond donors (Lipinski definition) is 1. The van der Waals surface area contributed by atoms with Crippen LogP contribution in [0.5, 0.6) is 11.5 Å². The SMILES string of the molecule is COc1cc(OC)cc(-c2cc(COC(C)(C)C(=O)O)nn2-c2ccccc2N(C)C)c1. The van der Waals surface area contributed by atoms with Gasteiger partial charge in [0.1, 0.15) is 11.5 Å². The number of para-hydroxylation sites is 2. The Bertz CT molecular complexity index is 1080. The number of ether oxygens (including phenoxy) is 3. The van der Waals surface area contributed by atoms with Crippen LogP contribution in [0.25, 0.3) is 16.9 Å². The molecule has 3 rings (SSSR count). The second-order valence-electron chi connectivity index (χ2n) is 8.02. The van der Waals surface area contributed by atoms with Crippen LogP contribution in [0.2, 0.25) is 0 Å². The van der Waals surface area contributed by atoms with Gasteiger partial charge in [0.25, 0.3) is 0 Å². The lowest BCUT2D eigenvalue weighted by molar-refractivity contribution is -0.162. The molecule has 8 heteroatoms. The molecule has 1 heterocycles.